The first-order valence-corrected chi connectivity index (χ1v) is 8.64. The van der Waals surface area contributed by atoms with E-state index >= 15 is 0 Å². The van der Waals surface area contributed by atoms with Crippen molar-refractivity contribution in [3.63, 3.8) is 0 Å². The highest BCUT2D eigenvalue weighted by molar-refractivity contribution is 5.98. The fourth-order valence-corrected chi connectivity index (χ4v) is 4.07. The predicted molar refractivity (Wildman–Crippen MR) is 90.7 cm³/mol. The van der Waals surface area contributed by atoms with Crippen LogP contribution >= 0.6 is 0 Å². The summed E-state index contributed by atoms with van der Waals surface area (Å²) in [4.78, 5) is 15.1. The lowest BCUT2D eigenvalue weighted by atomic mass is 9.96. The largest absolute Gasteiger partial charge is 0.464 e. The molecule has 4 rings (SSSR count). The molecule has 2 bridgehead atoms. The van der Waals surface area contributed by atoms with Gasteiger partial charge in [0, 0.05) is 35.6 Å². The molecule has 4 heteroatoms. The summed E-state index contributed by atoms with van der Waals surface area (Å²) in [5, 5.41) is 4.29. The third kappa shape index (κ3) is 2.76. The van der Waals surface area contributed by atoms with E-state index in [2.05, 4.69) is 24.1 Å². The Balaban J connectivity index is 1.54. The van der Waals surface area contributed by atoms with Gasteiger partial charge in [0.05, 0.1) is 6.26 Å². The number of benzene rings is 1. The van der Waals surface area contributed by atoms with Crippen LogP contribution in [-0.4, -0.2) is 36.5 Å². The Morgan fingerprint density at radius 1 is 1.35 bits per heavy atom. The van der Waals surface area contributed by atoms with Gasteiger partial charge in [0.15, 0.2) is 0 Å². The summed E-state index contributed by atoms with van der Waals surface area (Å²) >= 11 is 0. The Hall–Kier alpha value is -1.81. The lowest BCUT2D eigenvalue weighted by molar-refractivity contribution is 0.0909. The number of carbonyl (C=O) groups excluding carboxylic acids is 1. The molecule has 0 spiro atoms. The van der Waals surface area contributed by atoms with Crippen LogP contribution in [0.5, 0.6) is 0 Å². The first-order chi connectivity index (χ1) is 11.1. The van der Waals surface area contributed by atoms with Crippen LogP contribution in [0.3, 0.4) is 0 Å². The Kier molecular flexibility index (Phi) is 3.64. The highest BCUT2D eigenvalue weighted by Crippen LogP contribution is 2.29. The first-order valence-electron chi connectivity index (χ1n) is 8.64. The smallest absolute Gasteiger partial charge is 0.251 e. The molecule has 1 N–H and O–H groups in total. The summed E-state index contributed by atoms with van der Waals surface area (Å²) in [6.07, 6.45) is 4.21. The van der Waals surface area contributed by atoms with Gasteiger partial charge in [0.2, 0.25) is 0 Å². The number of furan rings is 1. The average molecular weight is 312 g/mol. The first kappa shape index (κ1) is 14.8. The topological polar surface area (TPSA) is 45.5 Å². The number of amides is 1. The fourth-order valence-electron chi connectivity index (χ4n) is 4.07. The third-order valence-electron chi connectivity index (χ3n) is 5.29. The number of fused-ring (bicyclic) bond motifs is 3. The average Bonchev–Trinajstić information content (AvgIpc) is 3.09. The van der Waals surface area contributed by atoms with E-state index < -0.39 is 0 Å². The zero-order valence-corrected chi connectivity index (χ0v) is 13.8. The zero-order chi connectivity index (χ0) is 16.0. The van der Waals surface area contributed by atoms with Crippen molar-refractivity contribution in [1.29, 1.82) is 0 Å². The molecule has 2 aromatic rings. The molecule has 4 nitrogen and oxygen atoms in total. The number of piperidine rings is 1. The summed E-state index contributed by atoms with van der Waals surface area (Å²) in [5.41, 5.74) is 2.75. The molecule has 122 valence electrons. The van der Waals surface area contributed by atoms with Crippen molar-refractivity contribution in [2.45, 2.75) is 38.6 Å². The minimum atomic E-state index is 0.0373. The fraction of sp³-hybridized carbons (Fsp3) is 0.526. The summed E-state index contributed by atoms with van der Waals surface area (Å²) in [6, 6.07) is 6.03. The Bertz CT molecular complexity index is 722. The predicted octanol–water partition coefficient (Wildman–Crippen LogP) is 3.38. The number of rotatable bonds is 3. The number of nitrogens with zero attached hydrogens (tertiary/aromatic N) is 1. The summed E-state index contributed by atoms with van der Waals surface area (Å²) in [7, 11) is 0. The molecule has 1 aromatic heterocycles. The van der Waals surface area contributed by atoms with E-state index in [1.807, 2.05) is 24.5 Å². The van der Waals surface area contributed by atoms with Gasteiger partial charge in [0.25, 0.3) is 5.91 Å². The second-order valence-electron chi connectivity index (χ2n) is 7.38. The molecule has 0 saturated carbocycles. The van der Waals surface area contributed by atoms with Crippen molar-refractivity contribution < 1.29 is 9.21 Å². The molecule has 23 heavy (non-hydrogen) atoms. The second kappa shape index (κ2) is 5.68. The zero-order valence-electron chi connectivity index (χ0n) is 13.8. The van der Waals surface area contributed by atoms with Crippen molar-refractivity contribution >= 4 is 16.9 Å². The van der Waals surface area contributed by atoms with E-state index in [1.165, 1.54) is 19.5 Å². The van der Waals surface area contributed by atoms with Crippen molar-refractivity contribution in [3.05, 3.63) is 35.6 Å². The Morgan fingerprint density at radius 2 is 2.22 bits per heavy atom. The molecule has 0 aliphatic carbocycles. The molecule has 2 fully saturated rings. The van der Waals surface area contributed by atoms with Gasteiger partial charge in [-0.1, -0.05) is 13.8 Å². The Labute approximate surface area is 136 Å². The summed E-state index contributed by atoms with van der Waals surface area (Å²) in [6.45, 7) is 7.68. The molecule has 2 aliphatic heterocycles. The molecular weight excluding hydrogens is 288 g/mol. The van der Waals surface area contributed by atoms with Crippen molar-refractivity contribution in [1.82, 2.24) is 10.2 Å². The molecule has 2 aliphatic rings. The van der Waals surface area contributed by atoms with Gasteiger partial charge in [-0.25, -0.2) is 0 Å². The highest BCUT2D eigenvalue weighted by atomic mass is 16.3. The number of carbonyl (C=O) groups is 1. The molecule has 3 heterocycles. The summed E-state index contributed by atoms with van der Waals surface area (Å²) < 4.78 is 5.59. The normalized spacial score (nSPS) is 26.8. The van der Waals surface area contributed by atoms with E-state index in [-0.39, 0.29) is 11.9 Å². The van der Waals surface area contributed by atoms with Crippen LogP contribution in [-0.2, 0) is 0 Å². The van der Waals surface area contributed by atoms with E-state index in [4.69, 9.17) is 4.42 Å². The Morgan fingerprint density at radius 3 is 3.00 bits per heavy atom. The second-order valence-corrected chi connectivity index (χ2v) is 7.38. The summed E-state index contributed by atoms with van der Waals surface area (Å²) in [5.74, 6) is 1.18. The van der Waals surface area contributed by atoms with Crippen LogP contribution in [0.25, 0.3) is 11.0 Å². The van der Waals surface area contributed by atoms with E-state index in [0.29, 0.717) is 5.92 Å². The monoisotopic (exact) mass is 312 g/mol. The SMILES string of the molecule is CC(C)c1coc2ccc(C(=O)N[C@@H]3C[C@@H]4CCN(C4)C3)cc12. The van der Waals surface area contributed by atoms with Crippen LogP contribution in [0.1, 0.15) is 48.5 Å². The van der Waals surface area contributed by atoms with E-state index in [1.54, 1.807) is 0 Å². The quantitative estimate of drug-likeness (QED) is 0.945. The molecule has 1 unspecified atom stereocenters. The third-order valence-corrected chi connectivity index (χ3v) is 5.29. The van der Waals surface area contributed by atoms with Crippen LogP contribution in [0.15, 0.2) is 28.9 Å². The minimum Gasteiger partial charge on any atom is -0.464 e. The maximum Gasteiger partial charge on any atom is 0.251 e. The number of hydrogen-bond acceptors (Lipinski definition) is 3. The molecule has 3 atom stereocenters. The molecule has 2 saturated heterocycles. The van der Waals surface area contributed by atoms with Gasteiger partial charge in [-0.15, -0.1) is 0 Å². The van der Waals surface area contributed by atoms with Gasteiger partial charge < -0.3 is 14.6 Å². The van der Waals surface area contributed by atoms with Crippen molar-refractivity contribution in [2.75, 3.05) is 19.6 Å². The minimum absolute atomic E-state index is 0.0373. The standard InChI is InChI=1S/C19H24N2O2/c1-12(2)17-11-23-18-4-3-14(8-16(17)18)19(22)20-15-7-13-5-6-21(9-13)10-15/h3-4,8,11-13,15H,5-7,9-10H2,1-2H3,(H,20,22)/t13-,15+/m0/s1. The maximum absolute atomic E-state index is 12.6. The lowest BCUT2D eigenvalue weighted by Gasteiger charge is -2.30. The lowest BCUT2D eigenvalue weighted by Crippen LogP contribution is -2.47. The molecule has 1 amide bonds. The molecule has 1 aromatic carbocycles. The van der Waals surface area contributed by atoms with Crippen LogP contribution < -0.4 is 5.32 Å². The van der Waals surface area contributed by atoms with Gasteiger partial charge in [0.1, 0.15) is 5.58 Å². The van der Waals surface area contributed by atoms with Crippen LogP contribution in [0.2, 0.25) is 0 Å². The van der Waals surface area contributed by atoms with Crippen LogP contribution in [0.4, 0.5) is 0 Å². The van der Waals surface area contributed by atoms with E-state index in [0.717, 1.165) is 41.0 Å². The van der Waals surface area contributed by atoms with E-state index in [9.17, 15) is 4.79 Å². The van der Waals surface area contributed by atoms with Gasteiger partial charge in [-0.05, 0) is 49.4 Å². The molecular formula is C19H24N2O2. The van der Waals surface area contributed by atoms with Crippen molar-refractivity contribution in [3.8, 4) is 0 Å². The number of hydrogen-bond donors (Lipinski definition) is 1. The van der Waals surface area contributed by atoms with Crippen molar-refractivity contribution in [2.24, 2.45) is 5.92 Å². The maximum atomic E-state index is 12.6. The van der Waals surface area contributed by atoms with Gasteiger partial charge in [-0.2, -0.15) is 0 Å². The van der Waals surface area contributed by atoms with Crippen LogP contribution in [0, 0.1) is 5.92 Å². The highest BCUT2D eigenvalue weighted by Gasteiger charge is 2.33. The number of nitrogens with one attached hydrogen (secondary N) is 1. The van der Waals surface area contributed by atoms with Gasteiger partial charge >= 0.3 is 0 Å². The molecule has 0 radical (unpaired) electrons. The van der Waals surface area contributed by atoms with Gasteiger partial charge in [-0.3, -0.25) is 4.79 Å².